The molecule has 0 radical (unpaired) electrons. The maximum absolute atomic E-state index is 12.4. The third kappa shape index (κ3) is 8.03. The third-order valence-electron chi connectivity index (χ3n) is 4.29. The fraction of sp³-hybridized carbons (Fsp3) is 0.364. The SMILES string of the molecule is CCCCCCOc1ccc(C(=O)NC(=S)NCc2ccc(OC)cc2)cc1Br. The normalized spacial score (nSPS) is 10.3. The largest absolute Gasteiger partial charge is 0.497 e. The zero-order valence-electron chi connectivity index (χ0n) is 16.8. The summed E-state index contributed by atoms with van der Waals surface area (Å²) in [6.45, 7) is 3.36. The van der Waals surface area contributed by atoms with Crippen molar-refractivity contribution in [3.05, 3.63) is 58.1 Å². The second-order valence-corrected chi connectivity index (χ2v) is 7.80. The molecule has 0 aliphatic carbocycles. The summed E-state index contributed by atoms with van der Waals surface area (Å²) in [6, 6.07) is 12.9. The Balaban J connectivity index is 1.81. The molecule has 0 bridgehead atoms. The van der Waals surface area contributed by atoms with E-state index < -0.39 is 0 Å². The predicted octanol–water partition coefficient (Wildman–Crippen LogP) is 5.22. The fourth-order valence-electron chi connectivity index (χ4n) is 2.62. The Kier molecular flexibility index (Phi) is 9.94. The van der Waals surface area contributed by atoms with Gasteiger partial charge >= 0.3 is 0 Å². The zero-order valence-corrected chi connectivity index (χ0v) is 19.2. The molecule has 7 heteroatoms. The number of hydrogen-bond donors (Lipinski definition) is 2. The van der Waals surface area contributed by atoms with Crippen molar-refractivity contribution in [3.63, 3.8) is 0 Å². The lowest BCUT2D eigenvalue weighted by Gasteiger charge is -2.12. The van der Waals surface area contributed by atoms with Crippen LogP contribution in [0.3, 0.4) is 0 Å². The maximum atomic E-state index is 12.4. The molecular weight excluding hydrogens is 452 g/mol. The summed E-state index contributed by atoms with van der Waals surface area (Å²) in [6.07, 6.45) is 4.60. The molecule has 0 saturated carbocycles. The highest BCUT2D eigenvalue weighted by atomic mass is 79.9. The number of benzene rings is 2. The molecule has 1 amide bonds. The Morgan fingerprint density at radius 2 is 1.86 bits per heavy atom. The van der Waals surface area contributed by atoms with Gasteiger partial charge in [0.25, 0.3) is 5.91 Å². The summed E-state index contributed by atoms with van der Waals surface area (Å²) in [4.78, 5) is 12.4. The van der Waals surface area contributed by atoms with E-state index >= 15 is 0 Å². The Morgan fingerprint density at radius 1 is 1.10 bits per heavy atom. The van der Waals surface area contributed by atoms with Crippen LogP contribution in [0.15, 0.2) is 46.9 Å². The lowest BCUT2D eigenvalue weighted by Crippen LogP contribution is -2.38. The van der Waals surface area contributed by atoms with Crippen LogP contribution in [-0.4, -0.2) is 24.7 Å². The molecule has 5 nitrogen and oxygen atoms in total. The summed E-state index contributed by atoms with van der Waals surface area (Å²) in [5.41, 5.74) is 1.54. The van der Waals surface area contributed by atoms with Crippen molar-refractivity contribution in [1.29, 1.82) is 0 Å². The number of rotatable bonds is 10. The summed E-state index contributed by atoms with van der Waals surface area (Å²) < 4.78 is 11.7. The first-order chi connectivity index (χ1) is 14.0. The smallest absolute Gasteiger partial charge is 0.257 e. The van der Waals surface area contributed by atoms with Gasteiger partial charge in [-0.25, -0.2) is 0 Å². The number of amides is 1. The molecule has 2 rings (SSSR count). The van der Waals surface area contributed by atoms with E-state index in [-0.39, 0.29) is 11.0 Å². The summed E-state index contributed by atoms with van der Waals surface area (Å²) >= 11 is 8.70. The lowest BCUT2D eigenvalue weighted by molar-refractivity contribution is 0.0976. The van der Waals surface area contributed by atoms with Crippen LogP contribution >= 0.6 is 28.1 Å². The maximum Gasteiger partial charge on any atom is 0.257 e. The molecule has 0 heterocycles. The van der Waals surface area contributed by atoms with E-state index in [1.54, 1.807) is 25.3 Å². The van der Waals surface area contributed by atoms with Gasteiger partial charge < -0.3 is 14.8 Å². The van der Waals surface area contributed by atoms with Crippen LogP contribution < -0.4 is 20.1 Å². The Hall–Kier alpha value is -2.12. The van der Waals surface area contributed by atoms with Crippen molar-refractivity contribution in [2.45, 2.75) is 39.2 Å². The van der Waals surface area contributed by atoms with Crippen molar-refractivity contribution < 1.29 is 14.3 Å². The van der Waals surface area contributed by atoms with E-state index in [4.69, 9.17) is 21.7 Å². The van der Waals surface area contributed by atoms with Crippen LogP contribution in [0, 0.1) is 0 Å². The molecule has 0 unspecified atom stereocenters. The van der Waals surface area contributed by atoms with Crippen molar-refractivity contribution >= 4 is 39.2 Å². The number of nitrogens with one attached hydrogen (secondary N) is 2. The standard InChI is InChI=1S/C22H27BrN2O3S/c1-3-4-5-6-13-28-20-12-9-17(14-19(20)23)21(26)25-22(29)24-15-16-7-10-18(27-2)11-8-16/h7-12,14H,3-6,13,15H2,1-2H3,(H2,24,25,26,29). The Bertz CT molecular complexity index is 812. The molecule has 0 fully saturated rings. The summed E-state index contributed by atoms with van der Waals surface area (Å²) in [5.74, 6) is 1.26. The molecule has 0 saturated heterocycles. The van der Waals surface area contributed by atoms with Gasteiger partial charge in [-0.2, -0.15) is 0 Å². The highest BCUT2D eigenvalue weighted by Crippen LogP contribution is 2.26. The molecule has 156 valence electrons. The quantitative estimate of drug-likeness (QED) is 0.362. The first-order valence-electron chi connectivity index (χ1n) is 9.68. The number of thiocarbonyl (C=S) groups is 1. The highest BCUT2D eigenvalue weighted by Gasteiger charge is 2.11. The van der Waals surface area contributed by atoms with Crippen LogP contribution in [0.2, 0.25) is 0 Å². The lowest BCUT2D eigenvalue weighted by atomic mass is 10.2. The fourth-order valence-corrected chi connectivity index (χ4v) is 3.27. The molecule has 0 atom stereocenters. The molecule has 0 aliphatic rings. The van der Waals surface area contributed by atoms with Crippen molar-refractivity contribution in [2.24, 2.45) is 0 Å². The minimum absolute atomic E-state index is 0.271. The van der Waals surface area contributed by atoms with E-state index in [0.29, 0.717) is 18.7 Å². The van der Waals surface area contributed by atoms with E-state index in [1.807, 2.05) is 24.3 Å². The van der Waals surface area contributed by atoms with E-state index in [1.165, 1.54) is 12.8 Å². The van der Waals surface area contributed by atoms with Gasteiger partial charge in [-0.15, -0.1) is 0 Å². The number of carbonyl (C=O) groups is 1. The zero-order chi connectivity index (χ0) is 21.1. The molecule has 2 aromatic rings. The molecule has 2 aromatic carbocycles. The molecule has 0 spiro atoms. The van der Waals surface area contributed by atoms with Crippen molar-refractivity contribution in [1.82, 2.24) is 10.6 Å². The Labute approximate surface area is 186 Å². The number of methoxy groups -OCH3 is 1. The van der Waals surface area contributed by atoms with Gasteiger partial charge in [0.1, 0.15) is 11.5 Å². The van der Waals surface area contributed by atoms with Gasteiger partial charge in [0, 0.05) is 12.1 Å². The van der Waals surface area contributed by atoms with Crippen LogP contribution in [0.25, 0.3) is 0 Å². The second kappa shape index (κ2) is 12.4. The van der Waals surface area contributed by atoms with Gasteiger partial charge in [0.15, 0.2) is 5.11 Å². The Morgan fingerprint density at radius 3 is 2.52 bits per heavy atom. The highest BCUT2D eigenvalue weighted by molar-refractivity contribution is 9.10. The third-order valence-corrected chi connectivity index (χ3v) is 5.15. The predicted molar refractivity (Wildman–Crippen MR) is 124 cm³/mol. The van der Waals surface area contributed by atoms with Crippen molar-refractivity contribution in [3.8, 4) is 11.5 Å². The van der Waals surface area contributed by atoms with Crippen LogP contribution in [-0.2, 0) is 6.54 Å². The number of halogens is 1. The molecule has 29 heavy (non-hydrogen) atoms. The van der Waals surface area contributed by atoms with Crippen LogP contribution in [0.5, 0.6) is 11.5 Å². The van der Waals surface area contributed by atoms with Crippen molar-refractivity contribution in [2.75, 3.05) is 13.7 Å². The number of ether oxygens (including phenoxy) is 2. The van der Waals surface area contributed by atoms with Gasteiger partial charge in [-0.05, 0) is 70.5 Å². The first-order valence-corrected chi connectivity index (χ1v) is 10.9. The minimum atomic E-state index is -0.271. The second-order valence-electron chi connectivity index (χ2n) is 6.54. The van der Waals surface area contributed by atoms with Gasteiger partial charge in [-0.1, -0.05) is 38.3 Å². The molecule has 0 aliphatic heterocycles. The van der Waals surface area contributed by atoms with E-state index in [9.17, 15) is 4.79 Å². The minimum Gasteiger partial charge on any atom is -0.497 e. The van der Waals surface area contributed by atoms with E-state index in [0.717, 1.165) is 34.4 Å². The van der Waals surface area contributed by atoms with Gasteiger partial charge in [0.2, 0.25) is 0 Å². The molecular formula is C22H27BrN2O3S. The van der Waals surface area contributed by atoms with Gasteiger partial charge in [0.05, 0.1) is 18.2 Å². The topological polar surface area (TPSA) is 59.6 Å². The number of carbonyl (C=O) groups excluding carboxylic acids is 1. The number of hydrogen-bond acceptors (Lipinski definition) is 4. The molecule has 2 N–H and O–H groups in total. The number of unbranched alkanes of at least 4 members (excludes halogenated alkanes) is 3. The average molecular weight is 479 g/mol. The van der Waals surface area contributed by atoms with Crippen LogP contribution in [0.1, 0.15) is 48.5 Å². The van der Waals surface area contributed by atoms with Crippen LogP contribution in [0.4, 0.5) is 0 Å². The monoisotopic (exact) mass is 478 g/mol. The first kappa shape index (κ1) is 23.2. The average Bonchev–Trinajstić information content (AvgIpc) is 2.73. The summed E-state index contributed by atoms with van der Waals surface area (Å²) in [7, 11) is 1.63. The summed E-state index contributed by atoms with van der Waals surface area (Å²) in [5, 5.41) is 6.00. The molecule has 0 aromatic heterocycles. The van der Waals surface area contributed by atoms with Gasteiger partial charge in [-0.3, -0.25) is 10.1 Å². The van der Waals surface area contributed by atoms with E-state index in [2.05, 4.69) is 33.5 Å².